The van der Waals surface area contributed by atoms with Crippen LogP contribution in [-0.4, -0.2) is 22.8 Å². The topological polar surface area (TPSA) is 37.8 Å². The van der Waals surface area contributed by atoms with Crippen LogP contribution in [0.25, 0.3) is 0 Å². The third-order valence-electron chi connectivity index (χ3n) is 2.53. The summed E-state index contributed by atoms with van der Waals surface area (Å²) < 4.78 is 0. The van der Waals surface area contributed by atoms with Gasteiger partial charge in [0.2, 0.25) is 0 Å². The molecule has 1 aromatic heterocycles. The minimum Gasteiger partial charge on any atom is -0.314 e. The summed E-state index contributed by atoms with van der Waals surface area (Å²) in [5.41, 5.74) is 1.06. The minimum absolute atomic E-state index is 0.412. The fraction of sp³-hybridized carbons (Fsp3) is 0.636. The predicted octanol–water partition coefficient (Wildman–Crippen LogP) is 1.97. The van der Waals surface area contributed by atoms with E-state index in [0.717, 1.165) is 18.7 Å². The van der Waals surface area contributed by atoms with E-state index >= 15 is 0 Å². The van der Waals surface area contributed by atoms with Crippen LogP contribution in [0, 0.1) is 0 Å². The fourth-order valence-corrected chi connectivity index (χ4v) is 1.36. The molecule has 1 N–H and O–H groups in total. The maximum atomic E-state index is 4.12. The molecule has 3 heteroatoms. The van der Waals surface area contributed by atoms with Crippen LogP contribution >= 0.6 is 0 Å². The van der Waals surface area contributed by atoms with Crippen LogP contribution in [0.3, 0.4) is 0 Å². The standard InChI is InChI=1S/C11H19N3/c1-4-7-12-10(3)9(2)11-6-5-8-13-14-11/h5-6,8-10,12H,4,7H2,1-3H3. The second kappa shape index (κ2) is 5.70. The zero-order valence-corrected chi connectivity index (χ0v) is 9.20. The van der Waals surface area contributed by atoms with Crippen LogP contribution in [0.1, 0.15) is 38.8 Å². The Morgan fingerprint density at radius 2 is 2.21 bits per heavy atom. The van der Waals surface area contributed by atoms with Gasteiger partial charge >= 0.3 is 0 Å². The molecule has 1 heterocycles. The molecule has 0 bridgehead atoms. The molecule has 0 aliphatic rings. The van der Waals surface area contributed by atoms with Crippen molar-refractivity contribution in [2.75, 3.05) is 6.54 Å². The monoisotopic (exact) mass is 193 g/mol. The van der Waals surface area contributed by atoms with Crippen LogP contribution in [-0.2, 0) is 0 Å². The molecule has 0 fully saturated rings. The lowest BCUT2D eigenvalue weighted by Crippen LogP contribution is -2.31. The van der Waals surface area contributed by atoms with E-state index in [4.69, 9.17) is 0 Å². The van der Waals surface area contributed by atoms with Crippen molar-refractivity contribution in [2.24, 2.45) is 0 Å². The summed E-state index contributed by atoms with van der Waals surface area (Å²) in [6.07, 6.45) is 2.87. The van der Waals surface area contributed by atoms with Gasteiger partial charge in [-0.3, -0.25) is 0 Å². The van der Waals surface area contributed by atoms with E-state index in [-0.39, 0.29) is 0 Å². The minimum atomic E-state index is 0.412. The number of rotatable bonds is 5. The molecule has 2 unspecified atom stereocenters. The molecule has 2 atom stereocenters. The summed E-state index contributed by atoms with van der Waals surface area (Å²) in [7, 11) is 0. The van der Waals surface area contributed by atoms with Gasteiger partial charge in [0.1, 0.15) is 0 Å². The SMILES string of the molecule is CCCNC(C)C(C)c1cccnn1. The Labute approximate surface area is 85.9 Å². The van der Waals surface area contributed by atoms with Gasteiger partial charge in [0, 0.05) is 18.2 Å². The van der Waals surface area contributed by atoms with Crippen molar-refractivity contribution in [3.63, 3.8) is 0 Å². The summed E-state index contributed by atoms with van der Waals surface area (Å²) in [5.74, 6) is 0.412. The quantitative estimate of drug-likeness (QED) is 0.777. The van der Waals surface area contributed by atoms with Gasteiger partial charge in [-0.2, -0.15) is 10.2 Å². The Morgan fingerprint density at radius 3 is 2.79 bits per heavy atom. The third-order valence-corrected chi connectivity index (χ3v) is 2.53. The maximum absolute atomic E-state index is 4.12. The van der Waals surface area contributed by atoms with E-state index in [1.165, 1.54) is 0 Å². The highest BCUT2D eigenvalue weighted by Gasteiger charge is 2.14. The van der Waals surface area contributed by atoms with Crippen molar-refractivity contribution >= 4 is 0 Å². The largest absolute Gasteiger partial charge is 0.314 e. The lowest BCUT2D eigenvalue weighted by molar-refractivity contribution is 0.472. The molecule has 0 saturated carbocycles. The smallest absolute Gasteiger partial charge is 0.0674 e. The Kier molecular flexibility index (Phi) is 4.53. The van der Waals surface area contributed by atoms with Crippen molar-refractivity contribution in [2.45, 2.75) is 39.2 Å². The van der Waals surface area contributed by atoms with Crippen LogP contribution in [0.4, 0.5) is 0 Å². The molecule has 0 aromatic carbocycles. The second-order valence-corrected chi connectivity index (χ2v) is 3.68. The Morgan fingerprint density at radius 1 is 1.43 bits per heavy atom. The average Bonchev–Trinajstić information content (AvgIpc) is 2.26. The van der Waals surface area contributed by atoms with Crippen LogP contribution < -0.4 is 5.32 Å². The number of nitrogens with one attached hydrogen (secondary N) is 1. The van der Waals surface area contributed by atoms with E-state index in [9.17, 15) is 0 Å². The fourth-order valence-electron chi connectivity index (χ4n) is 1.36. The summed E-state index contributed by atoms with van der Waals surface area (Å²) in [4.78, 5) is 0. The first-order chi connectivity index (χ1) is 6.75. The molecular weight excluding hydrogens is 174 g/mol. The van der Waals surface area contributed by atoms with E-state index in [1.54, 1.807) is 6.20 Å². The van der Waals surface area contributed by atoms with E-state index in [0.29, 0.717) is 12.0 Å². The maximum Gasteiger partial charge on any atom is 0.0674 e. The van der Waals surface area contributed by atoms with Crippen molar-refractivity contribution in [3.05, 3.63) is 24.0 Å². The Balaban J connectivity index is 2.52. The highest BCUT2D eigenvalue weighted by Crippen LogP contribution is 2.15. The van der Waals surface area contributed by atoms with Gasteiger partial charge < -0.3 is 5.32 Å². The summed E-state index contributed by atoms with van der Waals surface area (Å²) >= 11 is 0. The molecule has 0 saturated heterocycles. The molecule has 14 heavy (non-hydrogen) atoms. The van der Waals surface area contributed by atoms with Crippen molar-refractivity contribution < 1.29 is 0 Å². The van der Waals surface area contributed by atoms with Gasteiger partial charge in [-0.15, -0.1) is 0 Å². The first-order valence-electron chi connectivity index (χ1n) is 5.26. The van der Waals surface area contributed by atoms with E-state index < -0.39 is 0 Å². The lowest BCUT2D eigenvalue weighted by atomic mass is 9.99. The molecular formula is C11H19N3. The van der Waals surface area contributed by atoms with Crippen LogP contribution in [0.2, 0.25) is 0 Å². The van der Waals surface area contributed by atoms with Gasteiger partial charge in [0.25, 0.3) is 0 Å². The highest BCUT2D eigenvalue weighted by atomic mass is 15.1. The van der Waals surface area contributed by atoms with E-state index in [2.05, 4.69) is 36.3 Å². The van der Waals surface area contributed by atoms with Gasteiger partial charge in [0.15, 0.2) is 0 Å². The molecule has 3 nitrogen and oxygen atoms in total. The number of aromatic nitrogens is 2. The normalized spacial score (nSPS) is 15.1. The molecule has 0 amide bonds. The third kappa shape index (κ3) is 3.07. The van der Waals surface area contributed by atoms with Crippen molar-refractivity contribution in [3.8, 4) is 0 Å². The van der Waals surface area contributed by atoms with Crippen molar-refractivity contribution in [1.29, 1.82) is 0 Å². The predicted molar refractivity (Wildman–Crippen MR) is 58.2 cm³/mol. The van der Waals surface area contributed by atoms with Crippen LogP contribution in [0.5, 0.6) is 0 Å². The first-order valence-corrected chi connectivity index (χ1v) is 5.26. The van der Waals surface area contributed by atoms with Gasteiger partial charge in [-0.25, -0.2) is 0 Å². The number of nitrogens with zero attached hydrogens (tertiary/aromatic N) is 2. The average molecular weight is 193 g/mol. The first kappa shape index (κ1) is 11.1. The molecule has 0 aliphatic carbocycles. The van der Waals surface area contributed by atoms with E-state index in [1.807, 2.05) is 12.1 Å². The summed E-state index contributed by atoms with van der Waals surface area (Å²) in [5, 5.41) is 11.5. The lowest BCUT2D eigenvalue weighted by Gasteiger charge is -2.19. The molecule has 0 spiro atoms. The Hall–Kier alpha value is -0.960. The molecule has 0 radical (unpaired) electrons. The zero-order chi connectivity index (χ0) is 10.4. The molecule has 1 aromatic rings. The summed E-state index contributed by atoms with van der Waals surface area (Å²) in [6, 6.07) is 4.42. The molecule has 0 aliphatic heterocycles. The molecule has 78 valence electrons. The van der Waals surface area contributed by atoms with Gasteiger partial charge in [-0.1, -0.05) is 13.8 Å². The summed E-state index contributed by atoms with van der Waals surface area (Å²) in [6.45, 7) is 7.60. The number of hydrogen-bond donors (Lipinski definition) is 1. The second-order valence-electron chi connectivity index (χ2n) is 3.68. The van der Waals surface area contributed by atoms with Gasteiger partial charge in [0.05, 0.1) is 5.69 Å². The Bertz CT molecular complexity index is 248. The molecule has 1 rings (SSSR count). The highest BCUT2D eigenvalue weighted by molar-refractivity contribution is 5.07. The number of hydrogen-bond acceptors (Lipinski definition) is 3. The van der Waals surface area contributed by atoms with Gasteiger partial charge in [-0.05, 0) is 32.0 Å². The van der Waals surface area contributed by atoms with Crippen LogP contribution in [0.15, 0.2) is 18.3 Å². The van der Waals surface area contributed by atoms with Crippen molar-refractivity contribution in [1.82, 2.24) is 15.5 Å². The zero-order valence-electron chi connectivity index (χ0n) is 9.20.